The minimum absolute atomic E-state index is 0.264. The molecule has 0 aliphatic rings. The van der Waals surface area contributed by atoms with Gasteiger partial charge in [-0.1, -0.05) is 13.3 Å². The fourth-order valence-corrected chi connectivity index (χ4v) is 2.65. The van der Waals surface area contributed by atoms with Crippen molar-refractivity contribution in [2.75, 3.05) is 14.2 Å². The number of ether oxygens (including phenoxy) is 1. The molecule has 2 aromatic rings. The molecule has 0 aliphatic heterocycles. The molecule has 0 amide bonds. The number of benzene rings is 1. The molecule has 0 saturated heterocycles. The predicted octanol–water partition coefficient (Wildman–Crippen LogP) is 4.26. The topological polar surface area (TPSA) is 34.4 Å². The van der Waals surface area contributed by atoms with Crippen molar-refractivity contribution in [3.63, 3.8) is 0 Å². The highest BCUT2D eigenvalue weighted by atomic mass is 79.9. The number of methoxy groups -OCH3 is 1. The molecule has 0 saturated carbocycles. The normalized spacial score (nSPS) is 12.9. The van der Waals surface area contributed by atoms with E-state index in [0.29, 0.717) is 0 Å². The van der Waals surface area contributed by atoms with Crippen LogP contribution in [0.25, 0.3) is 11.0 Å². The van der Waals surface area contributed by atoms with Crippen molar-refractivity contribution in [1.29, 1.82) is 0 Å². The van der Waals surface area contributed by atoms with Crippen molar-refractivity contribution < 1.29 is 9.15 Å². The van der Waals surface area contributed by atoms with Crippen molar-refractivity contribution in [3.05, 3.63) is 28.4 Å². The lowest BCUT2D eigenvalue weighted by Crippen LogP contribution is -2.15. The molecule has 1 heterocycles. The first-order chi connectivity index (χ1) is 8.69. The summed E-state index contributed by atoms with van der Waals surface area (Å²) in [6.07, 6.45) is 2.18. The van der Waals surface area contributed by atoms with Gasteiger partial charge in [0.05, 0.1) is 17.6 Å². The highest BCUT2D eigenvalue weighted by Crippen LogP contribution is 2.34. The van der Waals surface area contributed by atoms with E-state index < -0.39 is 0 Å². The lowest BCUT2D eigenvalue weighted by molar-refractivity contribution is 0.414. The molecule has 1 unspecified atom stereocenters. The minimum Gasteiger partial charge on any atom is -0.497 e. The van der Waals surface area contributed by atoms with Crippen LogP contribution in [-0.4, -0.2) is 14.2 Å². The molecule has 1 aromatic heterocycles. The summed E-state index contributed by atoms with van der Waals surface area (Å²) >= 11 is 3.52. The SMILES string of the molecule is CCCC(NC)c1cc2cc(OC)cc(Br)c2o1. The van der Waals surface area contributed by atoms with Crippen molar-refractivity contribution in [2.24, 2.45) is 0 Å². The van der Waals surface area contributed by atoms with Crippen LogP contribution < -0.4 is 10.1 Å². The van der Waals surface area contributed by atoms with Crippen LogP contribution in [0, 0.1) is 0 Å². The van der Waals surface area contributed by atoms with E-state index in [1.807, 2.05) is 19.2 Å². The molecule has 0 bridgehead atoms. The number of nitrogens with one attached hydrogen (secondary N) is 1. The molecular formula is C14H18BrNO2. The van der Waals surface area contributed by atoms with Gasteiger partial charge in [0.15, 0.2) is 0 Å². The second-order valence-corrected chi connectivity index (χ2v) is 5.16. The molecule has 1 aromatic carbocycles. The van der Waals surface area contributed by atoms with Gasteiger partial charge in [0.25, 0.3) is 0 Å². The Labute approximate surface area is 116 Å². The van der Waals surface area contributed by atoms with Crippen molar-refractivity contribution in [3.8, 4) is 5.75 Å². The van der Waals surface area contributed by atoms with Crippen molar-refractivity contribution in [2.45, 2.75) is 25.8 Å². The summed E-state index contributed by atoms with van der Waals surface area (Å²) in [4.78, 5) is 0. The number of furan rings is 1. The Bertz CT molecular complexity index is 536. The molecule has 1 N–H and O–H groups in total. The lowest BCUT2D eigenvalue weighted by Gasteiger charge is -2.11. The maximum absolute atomic E-state index is 5.94. The Morgan fingerprint density at radius 1 is 1.39 bits per heavy atom. The van der Waals surface area contributed by atoms with E-state index in [1.54, 1.807) is 7.11 Å². The maximum Gasteiger partial charge on any atom is 0.148 e. The van der Waals surface area contributed by atoms with E-state index in [1.165, 1.54) is 0 Å². The maximum atomic E-state index is 5.94. The molecule has 1 atom stereocenters. The first-order valence-electron chi connectivity index (χ1n) is 6.13. The highest BCUT2D eigenvalue weighted by molar-refractivity contribution is 9.10. The van der Waals surface area contributed by atoms with Gasteiger partial charge in [0, 0.05) is 5.39 Å². The van der Waals surface area contributed by atoms with Gasteiger partial charge in [-0.25, -0.2) is 0 Å². The molecule has 0 spiro atoms. The van der Waals surface area contributed by atoms with E-state index in [4.69, 9.17) is 9.15 Å². The molecule has 4 heteroatoms. The van der Waals surface area contributed by atoms with E-state index in [2.05, 4.69) is 34.2 Å². The van der Waals surface area contributed by atoms with Crippen LogP contribution in [0.2, 0.25) is 0 Å². The Hall–Kier alpha value is -1.00. The van der Waals surface area contributed by atoms with Gasteiger partial charge in [0.2, 0.25) is 0 Å². The Balaban J connectivity index is 2.45. The average molecular weight is 312 g/mol. The van der Waals surface area contributed by atoms with Crippen molar-refractivity contribution >= 4 is 26.9 Å². The van der Waals surface area contributed by atoms with Gasteiger partial charge < -0.3 is 14.5 Å². The molecule has 98 valence electrons. The molecule has 0 fully saturated rings. The molecule has 18 heavy (non-hydrogen) atoms. The Morgan fingerprint density at radius 2 is 2.17 bits per heavy atom. The number of rotatable bonds is 5. The molecule has 3 nitrogen and oxygen atoms in total. The van der Waals surface area contributed by atoms with Crippen LogP contribution in [0.15, 0.2) is 27.1 Å². The van der Waals surface area contributed by atoms with Crippen LogP contribution in [0.5, 0.6) is 5.75 Å². The van der Waals surface area contributed by atoms with Gasteiger partial charge in [-0.2, -0.15) is 0 Å². The fraction of sp³-hybridized carbons (Fsp3) is 0.429. The minimum atomic E-state index is 0.264. The van der Waals surface area contributed by atoms with Gasteiger partial charge in [-0.15, -0.1) is 0 Å². The monoisotopic (exact) mass is 311 g/mol. The molecule has 0 radical (unpaired) electrons. The van der Waals surface area contributed by atoms with E-state index in [0.717, 1.165) is 39.8 Å². The third kappa shape index (κ3) is 2.54. The summed E-state index contributed by atoms with van der Waals surface area (Å²) in [5.74, 6) is 1.81. The number of hydrogen-bond donors (Lipinski definition) is 1. The van der Waals surface area contributed by atoms with E-state index >= 15 is 0 Å². The third-order valence-electron chi connectivity index (χ3n) is 3.07. The smallest absolute Gasteiger partial charge is 0.148 e. The summed E-state index contributed by atoms with van der Waals surface area (Å²) in [6.45, 7) is 2.17. The van der Waals surface area contributed by atoms with E-state index in [9.17, 15) is 0 Å². The number of hydrogen-bond acceptors (Lipinski definition) is 3. The lowest BCUT2D eigenvalue weighted by atomic mass is 10.1. The Morgan fingerprint density at radius 3 is 2.78 bits per heavy atom. The van der Waals surface area contributed by atoms with Crippen molar-refractivity contribution in [1.82, 2.24) is 5.32 Å². The zero-order valence-corrected chi connectivity index (χ0v) is 12.5. The first-order valence-corrected chi connectivity index (χ1v) is 6.93. The van der Waals surface area contributed by atoms with Gasteiger partial charge in [-0.3, -0.25) is 0 Å². The van der Waals surface area contributed by atoms with Crippen LogP contribution in [0.4, 0.5) is 0 Å². The summed E-state index contributed by atoms with van der Waals surface area (Å²) in [5.41, 5.74) is 0.877. The molecule has 0 aliphatic carbocycles. The zero-order chi connectivity index (χ0) is 13.1. The summed E-state index contributed by atoms with van der Waals surface area (Å²) in [7, 11) is 3.63. The van der Waals surface area contributed by atoms with Crippen LogP contribution >= 0.6 is 15.9 Å². The van der Waals surface area contributed by atoms with E-state index in [-0.39, 0.29) is 6.04 Å². The first kappa shape index (κ1) is 13.4. The average Bonchev–Trinajstić information content (AvgIpc) is 2.79. The van der Waals surface area contributed by atoms with Gasteiger partial charge in [-0.05, 0) is 47.6 Å². The fourth-order valence-electron chi connectivity index (χ4n) is 2.11. The molecule has 2 rings (SSSR count). The van der Waals surface area contributed by atoms with Gasteiger partial charge in [0.1, 0.15) is 17.1 Å². The second kappa shape index (κ2) is 5.76. The largest absolute Gasteiger partial charge is 0.497 e. The summed E-state index contributed by atoms with van der Waals surface area (Å²) < 4.78 is 12.1. The van der Waals surface area contributed by atoms with Crippen LogP contribution in [0.1, 0.15) is 31.6 Å². The zero-order valence-electron chi connectivity index (χ0n) is 10.9. The second-order valence-electron chi connectivity index (χ2n) is 4.31. The van der Waals surface area contributed by atoms with Crippen LogP contribution in [-0.2, 0) is 0 Å². The Kier molecular flexibility index (Phi) is 4.30. The summed E-state index contributed by atoms with van der Waals surface area (Å²) in [5, 5.41) is 4.35. The predicted molar refractivity (Wildman–Crippen MR) is 77.2 cm³/mol. The quantitative estimate of drug-likeness (QED) is 0.895. The summed E-state index contributed by atoms with van der Waals surface area (Å²) in [6, 6.07) is 6.26. The van der Waals surface area contributed by atoms with Gasteiger partial charge >= 0.3 is 0 Å². The standard InChI is InChI=1S/C14H18BrNO2/c1-4-5-12(16-2)13-7-9-6-10(17-3)8-11(15)14(9)18-13/h6-8,12,16H,4-5H2,1-3H3. The van der Waals surface area contributed by atoms with Crippen LogP contribution in [0.3, 0.4) is 0 Å². The third-order valence-corrected chi connectivity index (χ3v) is 3.66. The number of halogens is 1. The highest BCUT2D eigenvalue weighted by Gasteiger charge is 2.15. The molecular weight excluding hydrogens is 294 g/mol. The number of fused-ring (bicyclic) bond motifs is 1.